The van der Waals surface area contributed by atoms with Gasteiger partial charge in [-0.15, -0.1) is 0 Å². The van der Waals surface area contributed by atoms with Crippen molar-refractivity contribution < 1.29 is 0 Å². The van der Waals surface area contributed by atoms with Gasteiger partial charge in [-0.2, -0.15) is 0 Å². The van der Waals surface area contributed by atoms with Crippen LogP contribution < -0.4 is 10.5 Å². The number of benzene rings is 7. The molecule has 1 aliphatic carbocycles. The SMILES string of the molecule is C[Si]1(C)c2ccccc2-c2c(-c3ccccc3)nc(-c3cccc(-c4cccc(C5(c6ccccc6)c6ccccc6-c6ccccc65)c4)c3)nc21. The van der Waals surface area contributed by atoms with Crippen LogP contribution in [0.25, 0.3) is 56.0 Å². The molecule has 0 saturated carbocycles. The predicted molar refractivity (Wildman–Crippen MR) is 218 cm³/mol. The fraction of sp³-hybridized carbons (Fsp3) is 0.0612. The van der Waals surface area contributed by atoms with Crippen molar-refractivity contribution in [3.05, 3.63) is 204 Å². The normalized spacial score (nSPS) is 14.3. The lowest BCUT2D eigenvalue weighted by Crippen LogP contribution is -2.50. The summed E-state index contributed by atoms with van der Waals surface area (Å²) < 4.78 is 0. The zero-order valence-corrected chi connectivity index (χ0v) is 30.2. The van der Waals surface area contributed by atoms with E-state index in [4.69, 9.17) is 9.97 Å². The minimum atomic E-state index is -2.06. The number of hydrogen-bond acceptors (Lipinski definition) is 2. The molecule has 246 valence electrons. The Morgan fingerprint density at radius 3 is 1.65 bits per heavy atom. The smallest absolute Gasteiger partial charge is 0.159 e. The summed E-state index contributed by atoms with van der Waals surface area (Å²) in [5, 5.41) is 2.65. The zero-order valence-electron chi connectivity index (χ0n) is 29.2. The maximum Gasteiger partial charge on any atom is 0.159 e. The molecule has 2 nitrogen and oxygen atoms in total. The lowest BCUT2D eigenvalue weighted by atomic mass is 9.67. The lowest BCUT2D eigenvalue weighted by Gasteiger charge is -2.34. The van der Waals surface area contributed by atoms with Gasteiger partial charge in [-0.25, -0.2) is 9.97 Å². The number of hydrogen-bond donors (Lipinski definition) is 0. The Kier molecular flexibility index (Phi) is 6.89. The third-order valence-electron chi connectivity index (χ3n) is 11.3. The Labute approximate surface area is 306 Å². The van der Waals surface area contributed by atoms with Crippen LogP contribution in [0.2, 0.25) is 13.1 Å². The predicted octanol–water partition coefficient (Wildman–Crippen LogP) is 10.6. The fourth-order valence-electron chi connectivity index (χ4n) is 8.96. The highest BCUT2D eigenvalue weighted by Gasteiger charge is 2.46. The fourth-order valence-corrected chi connectivity index (χ4v) is 11.9. The highest BCUT2D eigenvalue weighted by Crippen LogP contribution is 2.56. The minimum absolute atomic E-state index is 0.443. The van der Waals surface area contributed by atoms with E-state index in [1.165, 1.54) is 60.6 Å². The van der Waals surface area contributed by atoms with E-state index in [0.717, 1.165) is 28.2 Å². The number of rotatable bonds is 5. The van der Waals surface area contributed by atoms with E-state index in [9.17, 15) is 0 Å². The van der Waals surface area contributed by atoms with Crippen molar-refractivity contribution in [2.24, 2.45) is 0 Å². The third-order valence-corrected chi connectivity index (χ3v) is 14.7. The molecule has 3 heteroatoms. The first-order valence-electron chi connectivity index (χ1n) is 18.1. The molecule has 1 aliphatic heterocycles. The van der Waals surface area contributed by atoms with E-state index >= 15 is 0 Å². The van der Waals surface area contributed by atoms with Crippen LogP contribution in [0, 0.1) is 0 Å². The van der Waals surface area contributed by atoms with Crippen molar-refractivity contribution in [2.75, 3.05) is 0 Å². The second kappa shape index (κ2) is 11.7. The molecule has 1 aromatic heterocycles. The van der Waals surface area contributed by atoms with Crippen molar-refractivity contribution >= 4 is 18.6 Å². The second-order valence-electron chi connectivity index (χ2n) is 14.5. The first kappa shape index (κ1) is 30.6. The summed E-state index contributed by atoms with van der Waals surface area (Å²) in [6.45, 7) is 4.85. The van der Waals surface area contributed by atoms with E-state index in [2.05, 4.69) is 195 Å². The van der Waals surface area contributed by atoms with Gasteiger partial charge in [0.15, 0.2) is 5.82 Å². The summed E-state index contributed by atoms with van der Waals surface area (Å²) >= 11 is 0. The first-order chi connectivity index (χ1) is 25.5. The molecule has 0 unspecified atom stereocenters. The molecule has 8 aromatic rings. The molecule has 0 fully saturated rings. The molecular formula is C49H36N2Si. The molecule has 0 atom stereocenters. The standard InChI is InChI=1S/C49H36N2Si/c1-52(2)44-30-14-11-27-41(44)45-46(33-17-5-3-6-18-33)50-47(51-48(45)52)36-21-15-19-34(31-36)35-20-16-24-38(32-35)49(37-22-7-4-8-23-37)42-28-12-9-25-39(42)40-26-10-13-29-43(40)49/h3-32H,1-2H3. The van der Waals surface area contributed by atoms with Gasteiger partial charge in [-0.3, -0.25) is 0 Å². The number of nitrogens with zero attached hydrogens (tertiary/aromatic N) is 2. The van der Waals surface area contributed by atoms with Gasteiger partial charge in [0, 0.05) is 22.0 Å². The van der Waals surface area contributed by atoms with E-state index in [1.54, 1.807) is 0 Å². The average molecular weight is 681 g/mol. The molecule has 0 saturated heterocycles. The van der Waals surface area contributed by atoms with E-state index in [1.807, 2.05) is 0 Å². The van der Waals surface area contributed by atoms with Crippen LogP contribution >= 0.6 is 0 Å². The topological polar surface area (TPSA) is 25.8 Å². The Morgan fingerprint density at radius 2 is 0.942 bits per heavy atom. The summed E-state index contributed by atoms with van der Waals surface area (Å²) in [4.78, 5) is 10.8. The lowest BCUT2D eigenvalue weighted by molar-refractivity contribution is 0.769. The summed E-state index contributed by atoms with van der Waals surface area (Å²) in [5.74, 6) is 0.781. The summed E-state index contributed by atoms with van der Waals surface area (Å²) in [7, 11) is -2.06. The molecule has 0 amide bonds. The molecule has 0 N–H and O–H groups in total. The summed E-state index contributed by atoms with van der Waals surface area (Å²) in [6.07, 6.45) is 0. The van der Waals surface area contributed by atoms with E-state index in [0.29, 0.717) is 0 Å². The van der Waals surface area contributed by atoms with Crippen molar-refractivity contribution in [1.82, 2.24) is 9.97 Å². The number of fused-ring (bicyclic) bond motifs is 6. The van der Waals surface area contributed by atoms with Gasteiger partial charge in [-0.1, -0.05) is 183 Å². The molecule has 0 bridgehead atoms. The van der Waals surface area contributed by atoms with Crippen molar-refractivity contribution in [3.8, 4) is 56.0 Å². The van der Waals surface area contributed by atoms with Crippen molar-refractivity contribution in [1.29, 1.82) is 0 Å². The first-order valence-corrected chi connectivity index (χ1v) is 21.1. The van der Waals surface area contributed by atoms with Gasteiger partial charge in [0.05, 0.1) is 11.1 Å². The van der Waals surface area contributed by atoms with Crippen LogP contribution in [0.5, 0.6) is 0 Å². The van der Waals surface area contributed by atoms with E-state index in [-0.39, 0.29) is 0 Å². The van der Waals surface area contributed by atoms with Gasteiger partial charge in [0.1, 0.15) is 8.07 Å². The molecule has 10 rings (SSSR count). The van der Waals surface area contributed by atoms with Crippen LogP contribution in [-0.4, -0.2) is 18.0 Å². The van der Waals surface area contributed by atoms with Gasteiger partial charge in [0.2, 0.25) is 0 Å². The largest absolute Gasteiger partial charge is 0.237 e. The Hall–Kier alpha value is -6.16. The van der Waals surface area contributed by atoms with Crippen LogP contribution in [0.3, 0.4) is 0 Å². The summed E-state index contributed by atoms with van der Waals surface area (Å²) in [5.41, 5.74) is 15.3. The van der Waals surface area contributed by atoms with Gasteiger partial charge < -0.3 is 0 Å². The number of aromatic nitrogens is 2. The Bertz CT molecular complexity index is 2610. The highest BCUT2D eigenvalue weighted by molar-refractivity contribution is 7.03. The summed E-state index contributed by atoms with van der Waals surface area (Å²) in [6, 6.07) is 66.3. The van der Waals surface area contributed by atoms with Gasteiger partial charge in [0.25, 0.3) is 0 Å². The van der Waals surface area contributed by atoms with Crippen molar-refractivity contribution in [3.63, 3.8) is 0 Å². The molecule has 2 heterocycles. The quantitative estimate of drug-likeness (QED) is 0.169. The zero-order chi connectivity index (χ0) is 34.9. The van der Waals surface area contributed by atoms with Crippen molar-refractivity contribution in [2.45, 2.75) is 18.5 Å². The van der Waals surface area contributed by atoms with Crippen LogP contribution in [0.15, 0.2) is 182 Å². The van der Waals surface area contributed by atoms with Crippen LogP contribution in [0.1, 0.15) is 22.3 Å². The second-order valence-corrected chi connectivity index (χ2v) is 18.8. The monoisotopic (exact) mass is 680 g/mol. The molecular weight excluding hydrogens is 645 g/mol. The molecule has 2 aliphatic rings. The Balaban J connectivity index is 1.15. The van der Waals surface area contributed by atoms with Gasteiger partial charge >= 0.3 is 0 Å². The molecule has 0 spiro atoms. The maximum absolute atomic E-state index is 5.44. The molecule has 7 aromatic carbocycles. The highest BCUT2D eigenvalue weighted by atomic mass is 28.3. The van der Waals surface area contributed by atoms with Crippen LogP contribution in [0.4, 0.5) is 0 Å². The van der Waals surface area contributed by atoms with Crippen LogP contribution in [-0.2, 0) is 5.41 Å². The maximum atomic E-state index is 5.44. The molecule has 0 radical (unpaired) electrons. The van der Waals surface area contributed by atoms with Gasteiger partial charge in [-0.05, 0) is 67.4 Å². The average Bonchev–Trinajstić information content (AvgIpc) is 3.64. The minimum Gasteiger partial charge on any atom is -0.237 e. The third kappa shape index (κ3) is 4.42. The van der Waals surface area contributed by atoms with E-state index < -0.39 is 13.5 Å². The molecule has 52 heavy (non-hydrogen) atoms. The Morgan fingerprint density at radius 1 is 0.423 bits per heavy atom.